The zero-order chi connectivity index (χ0) is 20.8. The van der Waals surface area contributed by atoms with Gasteiger partial charge in [-0.25, -0.2) is 0 Å². The molecule has 2 saturated heterocycles. The molecule has 6 nitrogen and oxygen atoms in total. The van der Waals surface area contributed by atoms with E-state index in [0.29, 0.717) is 36.1 Å². The van der Waals surface area contributed by atoms with Gasteiger partial charge in [0.25, 0.3) is 0 Å². The van der Waals surface area contributed by atoms with Crippen molar-refractivity contribution >= 4 is 11.6 Å². The van der Waals surface area contributed by atoms with Crippen molar-refractivity contribution in [3.8, 4) is 11.5 Å². The smallest absolute Gasteiger partial charge is 0.180 e. The van der Waals surface area contributed by atoms with Crippen molar-refractivity contribution < 1.29 is 24.1 Å². The van der Waals surface area contributed by atoms with Gasteiger partial charge in [0.15, 0.2) is 11.5 Å². The molecule has 0 spiro atoms. The summed E-state index contributed by atoms with van der Waals surface area (Å²) < 4.78 is 23.2. The first-order chi connectivity index (χ1) is 13.8. The molecule has 1 N–H and O–H groups in total. The van der Waals surface area contributed by atoms with Crippen LogP contribution < -0.4 is 9.47 Å². The van der Waals surface area contributed by atoms with Crippen molar-refractivity contribution in [2.75, 3.05) is 33.4 Å². The fourth-order valence-electron chi connectivity index (χ4n) is 4.50. The van der Waals surface area contributed by atoms with Gasteiger partial charge in [-0.3, -0.25) is 4.90 Å². The van der Waals surface area contributed by atoms with Crippen LogP contribution in [-0.2, 0) is 15.9 Å². The highest BCUT2D eigenvalue weighted by atomic mass is 35.5. The van der Waals surface area contributed by atoms with Crippen molar-refractivity contribution in [1.82, 2.24) is 4.90 Å². The molecule has 0 aromatic heterocycles. The van der Waals surface area contributed by atoms with Gasteiger partial charge in [0.2, 0.25) is 0 Å². The van der Waals surface area contributed by atoms with E-state index in [0.717, 1.165) is 37.1 Å². The van der Waals surface area contributed by atoms with Gasteiger partial charge < -0.3 is 24.1 Å². The van der Waals surface area contributed by atoms with Crippen molar-refractivity contribution in [2.24, 2.45) is 0 Å². The maximum absolute atomic E-state index is 10.8. The van der Waals surface area contributed by atoms with Crippen LogP contribution >= 0.6 is 11.6 Å². The molecule has 0 bridgehead atoms. The van der Waals surface area contributed by atoms with Crippen molar-refractivity contribution in [3.05, 3.63) is 22.2 Å². The summed E-state index contributed by atoms with van der Waals surface area (Å²) in [5.74, 6) is 1.24. The molecule has 0 aliphatic carbocycles. The molecular formula is C22H32ClNO5. The van der Waals surface area contributed by atoms with Gasteiger partial charge in [-0.2, -0.15) is 0 Å². The predicted molar refractivity (Wildman–Crippen MR) is 111 cm³/mol. The Bertz CT molecular complexity index is 746. The Balaban J connectivity index is 1.57. The number of piperidine rings is 1. The lowest BCUT2D eigenvalue weighted by Crippen LogP contribution is -2.53. The van der Waals surface area contributed by atoms with Gasteiger partial charge in [0.1, 0.15) is 6.61 Å². The van der Waals surface area contributed by atoms with Gasteiger partial charge >= 0.3 is 0 Å². The summed E-state index contributed by atoms with van der Waals surface area (Å²) in [5, 5.41) is 11.4. The number of hydrogen-bond donors (Lipinski definition) is 1. The predicted octanol–water partition coefficient (Wildman–Crippen LogP) is 3.36. The van der Waals surface area contributed by atoms with E-state index >= 15 is 0 Å². The lowest BCUT2D eigenvalue weighted by atomic mass is 9.84. The highest BCUT2D eigenvalue weighted by molar-refractivity contribution is 6.33. The number of ether oxygens (including phenoxy) is 4. The Labute approximate surface area is 178 Å². The number of methoxy groups -OCH3 is 1. The van der Waals surface area contributed by atoms with E-state index < -0.39 is 6.10 Å². The lowest BCUT2D eigenvalue weighted by Gasteiger charge is -2.47. The van der Waals surface area contributed by atoms with E-state index in [1.807, 2.05) is 26.8 Å². The minimum absolute atomic E-state index is 0.101. The minimum Gasteiger partial charge on any atom is -0.493 e. The van der Waals surface area contributed by atoms with Gasteiger partial charge in [-0.15, -0.1) is 0 Å². The van der Waals surface area contributed by atoms with Crippen molar-refractivity contribution in [1.29, 1.82) is 0 Å². The van der Waals surface area contributed by atoms with Crippen LogP contribution in [0.15, 0.2) is 6.07 Å². The van der Waals surface area contributed by atoms with E-state index in [1.54, 1.807) is 7.11 Å². The van der Waals surface area contributed by atoms with E-state index in [4.69, 9.17) is 30.5 Å². The summed E-state index contributed by atoms with van der Waals surface area (Å²) in [5.41, 5.74) is 1.94. The van der Waals surface area contributed by atoms with E-state index in [1.165, 1.54) is 0 Å². The summed E-state index contributed by atoms with van der Waals surface area (Å²) >= 11 is 6.79. The van der Waals surface area contributed by atoms with Gasteiger partial charge in [0.05, 0.1) is 36.0 Å². The van der Waals surface area contributed by atoms with Crippen LogP contribution in [0.2, 0.25) is 5.02 Å². The van der Waals surface area contributed by atoms with Crippen LogP contribution in [0.3, 0.4) is 0 Å². The number of fused-ring (bicyclic) bond motifs is 3. The van der Waals surface area contributed by atoms with E-state index in [9.17, 15) is 5.11 Å². The fourth-order valence-corrected chi connectivity index (χ4v) is 4.85. The maximum atomic E-state index is 10.8. The molecule has 7 heteroatoms. The van der Waals surface area contributed by atoms with Crippen LogP contribution in [0.1, 0.15) is 50.8 Å². The topological polar surface area (TPSA) is 60.4 Å². The van der Waals surface area contributed by atoms with Crippen molar-refractivity contribution in [3.63, 3.8) is 0 Å². The Kier molecular flexibility index (Phi) is 6.02. The largest absolute Gasteiger partial charge is 0.493 e. The minimum atomic E-state index is -0.516. The average molecular weight is 426 g/mol. The molecule has 3 aliphatic rings. The zero-order valence-electron chi connectivity index (χ0n) is 17.7. The molecule has 3 heterocycles. The lowest BCUT2D eigenvalue weighted by molar-refractivity contribution is -0.149. The van der Waals surface area contributed by atoms with Gasteiger partial charge in [0, 0.05) is 32.2 Å². The van der Waals surface area contributed by atoms with Crippen LogP contribution in [0.5, 0.6) is 11.5 Å². The van der Waals surface area contributed by atoms with Crippen molar-refractivity contribution in [2.45, 2.75) is 70.0 Å². The molecule has 3 aliphatic heterocycles. The number of benzene rings is 1. The molecule has 4 rings (SSSR count). The molecular weight excluding hydrogens is 394 g/mol. The molecule has 162 valence electrons. The van der Waals surface area contributed by atoms with Crippen LogP contribution in [0.25, 0.3) is 0 Å². The monoisotopic (exact) mass is 425 g/mol. The molecule has 4 atom stereocenters. The summed E-state index contributed by atoms with van der Waals surface area (Å²) in [6.07, 6.45) is 1.90. The molecule has 0 amide bonds. The molecule has 0 saturated carbocycles. The summed E-state index contributed by atoms with van der Waals surface area (Å²) in [6.45, 7) is 8.94. The summed E-state index contributed by atoms with van der Waals surface area (Å²) in [7, 11) is 1.63. The standard InChI is InChI=1S/C22H32ClNO5/c1-22(2,3)29-19-11-24-7-5-14-15(16(24)10-17(19)25)9-18(26-4)21(20(14)23)28-12-13-6-8-27-13/h9,13,16-17,19,25H,5-8,10-12H2,1-4H3/t13-,16-,17-,19-/m1/s1. The number of aliphatic hydroxyl groups is 1. The van der Waals surface area contributed by atoms with Crippen LogP contribution in [0.4, 0.5) is 0 Å². The number of hydrogen-bond acceptors (Lipinski definition) is 6. The average Bonchev–Trinajstić information content (AvgIpc) is 2.61. The second kappa shape index (κ2) is 8.23. The molecule has 2 fully saturated rings. The highest BCUT2D eigenvalue weighted by Gasteiger charge is 2.41. The second-order valence-corrected chi connectivity index (χ2v) is 9.59. The number of nitrogens with zero attached hydrogens (tertiary/aromatic N) is 1. The Hall–Kier alpha value is -1.05. The van der Waals surface area contributed by atoms with Crippen LogP contribution in [-0.4, -0.2) is 67.3 Å². The van der Waals surface area contributed by atoms with E-state index in [-0.39, 0.29) is 23.9 Å². The van der Waals surface area contributed by atoms with E-state index in [2.05, 4.69) is 4.90 Å². The Morgan fingerprint density at radius 3 is 2.72 bits per heavy atom. The first kappa shape index (κ1) is 21.2. The molecule has 0 unspecified atom stereocenters. The van der Waals surface area contributed by atoms with Gasteiger partial charge in [-0.05, 0) is 50.8 Å². The first-order valence-corrected chi connectivity index (χ1v) is 10.9. The third kappa shape index (κ3) is 4.37. The molecule has 1 aromatic rings. The highest BCUT2D eigenvalue weighted by Crippen LogP contribution is 2.47. The third-order valence-corrected chi connectivity index (χ3v) is 6.41. The molecule has 29 heavy (non-hydrogen) atoms. The molecule has 0 radical (unpaired) electrons. The SMILES string of the molecule is COc1cc2c(c(Cl)c1OC[C@H]1CCO1)CCN1C[C@@H](OC(C)(C)C)[C@H](O)C[C@H]21. The third-order valence-electron chi connectivity index (χ3n) is 6.01. The second-order valence-electron chi connectivity index (χ2n) is 9.21. The quantitative estimate of drug-likeness (QED) is 0.780. The zero-order valence-corrected chi connectivity index (χ0v) is 18.5. The number of rotatable bonds is 5. The Morgan fingerprint density at radius 2 is 2.10 bits per heavy atom. The fraction of sp³-hybridized carbons (Fsp3) is 0.727. The molecule has 1 aromatic carbocycles. The van der Waals surface area contributed by atoms with Crippen LogP contribution in [0, 0.1) is 0 Å². The summed E-state index contributed by atoms with van der Waals surface area (Å²) in [6, 6.07) is 2.14. The summed E-state index contributed by atoms with van der Waals surface area (Å²) in [4.78, 5) is 2.39. The Morgan fingerprint density at radius 1 is 1.34 bits per heavy atom. The number of halogens is 1. The first-order valence-electron chi connectivity index (χ1n) is 10.5. The maximum Gasteiger partial charge on any atom is 0.180 e. The normalized spacial score (nSPS) is 29.6. The van der Waals surface area contributed by atoms with Gasteiger partial charge in [-0.1, -0.05) is 11.6 Å². The number of aliphatic hydroxyl groups excluding tert-OH is 1.